The molecule has 0 unspecified atom stereocenters. The van der Waals surface area contributed by atoms with Crippen LogP contribution in [0.15, 0.2) is 24.3 Å². The summed E-state index contributed by atoms with van der Waals surface area (Å²) in [4.78, 5) is 12.1. The van der Waals surface area contributed by atoms with Crippen molar-refractivity contribution in [2.24, 2.45) is 0 Å². The lowest BCUT2D eigenvalue weighted by Crippen LogP contribution is -2.38. The van der Waals surface area contributed by atoms with Crippen LogP contribution < -0.4 is 10.1 Å². The van der Waals surface area contributed by atoms with Crippen LogP contribution >= 0.6 is 11.6 Å². The molecule has 5 heteroatoms. The van der Waals surface area contributed by atoms with Crippen molar-refractivity contribution in [2.45, 2.75) is 45.8 Å². The standard InChI is InChI=1S/C16H24ClNO3/c1-4-14(21-15-9-6-5-8-13(15)17)16(19)18-10-7-11-20-12(2)3/h5-6,8-9,12,14H,4,7,10-11H2,1-3H3,(H,18,19)/t14-/m0/s1. The minimum atomic E-state index is -0.532. The zero-order valence-corrected chi connectivity index (χ0v) is 13.7. The van der Waals surface area contributed by atoms with Crippen molar-refractivity contribution in [1.82, 2.24) is 5.32 Å². The molecule has 1 atom stereocenters. The molecule has 1 aromatic rings. The summed E-state index contributed by atoms with van der Waals surface area (Å²) < 4.78 is 11.1. The van der Waals surface area contributed by atoms with Crippen LogP contribution in [0.3, 0.4) is 0 Å². The third-order valence-corrected chi connectivity index (χ3v) is 3.15. The van der Waals surface area contributed by atoms with Crippen LogP contribution in [0.4, 0.5) is 0 Å². The lowest BCUT2D eigenvalue weighted by Gasteiger charge is -2.18. The number of hydrogen-bond donors (Lipinski definition) is 1. The Labute approximate surface area is 131 Å². The first-order valence-electron chi connectivity index (χ1n) is 7.35. The highest BCUT2D eigenvalue weighted by Gasteiger charge is 2.18. The number of carbonyl (C=O) groups excluding carboxylic acids is 1. The Morgan fingerprint density at radius 2 is 2.05 bits per heavy atom. The van der Waals surface area contributed by atoms with Crippen molar-refractivity contribution in [3.63, 3.8) is 0 Å². The number of carbonyl (C=O) groups is 1. The Kier molecular flexibility index (Phi) is 8.16. The van der Waals surface area contributed by atoms with Gasteiger partial charge in [-0.3, -0.25) is 4.79 Å². The molecule has 118 valence electrons. The van der Waals surface area contributed by atoms with E-state index in [9.17, 15) is 4.79 Å². The topological polar surface area (TPSA) is 47.6 Å². The van der Waals surface area contributed by atoms with E-state index in [2.05, 4.69) is 5.32 Å². The molecule has 0 aromatic heterocycles. The van der Waals surface area contributed by atoms with Crippen LogP contribution in [-0.4, -0.2) is 31.3 Å². The number of nitrogens with one attached hydrogen (secondary N) is 1. The van der Waals surface area contributed by atoms with Crippen molar-refractivity contribution < 1.29 is 14.3 Å². The van der Waals surface area contributed by atoms with Gasteiger partial charge in [-0.15, -0.1) is 0 Å². The molecular weight excluding hydrogens is 290 g/mol. The minimum Gasteiger partial charge on any atom is -0.479 e. The largest absolute Gasteiger partial charge is 0.479 e. The van der Waals surface area contributed by atoms with Gasteiger partial charge in [0.25, 0.3) is 5.91 Å². The lowest BCUT2D eigenvalue weighted by atomic mass is 10.2. The molecule has 0 bridgehead atoms. The van der Waals surface area contributed by atoms with Gasteiger partial charge in [-0.05, 0) is 38.8 Å². The summed E-state index contributed by atoms with van der Waals surface area (Å²) in [7, 11) is 0. The number of hydrogen-bond acceptors (Lipinski definition) is 3. The lowest BCUT2D eigenvalue weighted by molar-refractivity contribution is -0.128. The molecule has 0 aliphatic carbocycles. The number of para-hydroxylation sites is 1. The Morgan fingerprint density at radius 1 is 1.33 bits per heavy atom. The van der Waals surface area contributed by atoms with Crippen LogP contribution in [0, 0.1) is 0 Å². The fourth-order valence-corrected chi connectivity index (χ4v) is 1.91. The summed E-state index contributed by atoms with van der Waals surface area (Å²) in [6.07, 6.45) is 1.05. The second-order valence-electron chi connectivity index (χ2n) is 5.01. The van der Waals surface area contributed by atoms with Gasteiger partial charge < -0.3 is 14.8 Å². The van der Waals surface area contributed by atoms with Gasteiger partial charge in [0, 0.05) is 13.2 Å². The average Bonchev–Trinajstić information content (AvgIpc) is 2.45. The van der Waals surface area contributed by atoms with Crippen LogP contribution in [0.5, 0.6) is 5.75 Å². The van der Waals surface area contributed by atoms with Crippen LogP contribution in [0.2, 0.25) is 5.02 Å². The Bertz CT molecular complexity index is 437. The van der Waals surface area contributed by atoms with Crippen molar-refractivity contribution in [1.29, 1.82) is 0 Å². The summed E-state index contributed by atoms with van der Waals surface area (Å²) in [5.41, 5.74) is 0. The van der Waals surface area contributed by atoms with E-state index in [4.69, 9.17) is 21.1 Å². The zero-order valence-electron chi connectivity index (χ0n) is 12.9. The zero-order chi connectivity index (χ0) is 15.7. The molecule has 0 radical (unpaired) electrons. The summed E-state index contributed by atoms with van der Waals surface area (Å²) in [5.74, 6) is 0.409. The molecule has 0 aliphatic rings. The van der Waals surface area contributed by atoms with Gasteiger partial charge in [0.15, 0.2) is 6.10 Å². The number of benzene rings is 1. The normalized spacial score (nSPS) is 12.2. The second-order valence-corrected chi connectivity index (χ2v) is 5.42. The molecule has 1 rings (SSSR count). The van der Waals surface area contributed by atoms with Crippen molar-refractivity contribution in [3.8, 4) is 5.75 Å². The smallest absolute Gasteiger partial charge is 0.261 e. The van der Waals surface area contributed by atoms with E-state index in [1.807, 2.05) is 32.9 Å². The predicted octanol–water partition coefficient (Wildman–Crippen LogP) is 3.43. The highest BCUT2D eigenvalue weighted by atomic mass is 35.5. The highest BCUT2D eigenvalue weighted by Crippen LogP contribution is 2.24. The van der Waals surface area contributed by atoms with E-state index >= 15 is 0 Å². The molecule has 0 spiro atoms. The highest BCUT2D eigenvalue weighted by molar-refractivity contribution is 6.32. The Morgan fingerprint density at radius 3 is 2.67 bits per heavy atom. The van der Waals surface area contributed by atoms with Gasteiger partial charge in [-0.1, -0.05) is 30.7 Å². The molecule has 1 N–H and O–H groups in total. The van der Waals surface area contributed by atoms with E-state index in [1.165, 1.54) is 0 Å². The van der Waals surface area contributed by atoms with Crippen LogP contribution in [0.1, 0.15) is 33.6 Å². The predicted molar refractivity (Wildman–Crippen MR) is 84.9 cm³/mol. The molecule has 1 amide bonds. The van der Waals surface area contributed by atoms with E-state index in [-0.39, 0.29) is 12.0 Å². The molecule has 21 heavy (non-hydrogen) atoms. The van der Waals surface area contributed by atoms with Gasteiger partial charge in [0.1, 0.15) is 5.75 Å². The fraction of sp³-hybridized carbons (Fsp3) is 0.562. The first kappa shape index (κ1) is 17.8. The molecule has 4 nitrogen and oxygen atoms in total. The number of rotatable bonds is 9. The summed E-state index contributed by atoms with van der Waals surface area (Å²) in [5, 5.41) is 3.37. The van der Waals surface area contributed by atoms with Gasteiger partial charge in [0.2, 0.25) is 0 Å². The molecule has 0 heterocycles. The third kappa shape index (κ3) is 6.82. The number of halogens is 1. The summed E-state index contributed by atoms with van der Waals surface area (Å²) >= 11 is 6.03. The number of amides is 1. The Hall–Kier alpha value is -1.26. The summed E-state index contributed by atoms with van der Waals surface area (Å²) in [6.45, 7) is 7.10. The SMILES string of the molecule is CC[C@H](Oc1ccccc1Cl)C(=O)NCCCOC(C)C. The molecule has 1 aromatic carbocycles. The maximum Gasteiger partial charge on any atom is 0.261 e. The van der Waals surface area contributed by atoms with Crippen molar-refractivity contribution >= 4 is 17.5 Å². The van der Waals surface area contributed by atoms with E-state index in [1.54, 1.807) is 12.1 Å². The second kappa shape index (κ2) is 9.64. The average molecular weight is 314 g/mol. The quantitative estimate of drug-likeness (QED) is 0.711. The fourth-order valence-electron chi connectivity index (χ4n) is 1.73. The van der Waals surface area contributed by atoms with E-state index in [0.717, 1.165) is 6.42 Å². The maximum absolute atomic E-state index is 12.1. The van der Waals surface area contributed by atoms with Gasteiger partial charge in [-0.2, -0.15) is 0 Å². The van der Waals surface area contributed by atoms with E-state index < -0.39 is 6.10 Å². The molecular formula is C16H24ClNO3. The first-order valence-corrected chi connectivity index (χ1v) is 7.72. The van der Waals surface area contributed by atoms with Crippen molar-refractivity contribution in [3.05, 3.63) is 29.3 Å². The monoisotopic (exact) mass is 313 g/mol. The third-order valence-electron chi connectivity index (χ3n) is 2.84. The molecule has 0 aliphatic heterocycles. The van der Waals surface area contributed by atoms with Gasteiger partial charge >= 0.3 is 0 Å². The molecule has 0 saturated heterocycles. The van der Waals surface area contributed by atoms with Crippen LogP contribution in [-0.2, 0) is 9.53 Å². The maximum atomic E-state index is 12.1. The first-order chi connectivity index (χ1) is 10.0. The van der Waals surface area contributed by atoms with E-state index in [0.29, 0.717) is 30.3 Å². The molecule has 0 fully saturated rings. The Balaban J connectivity index is 2.38. The van der Waals surface area contributed by atoms with Crippen LogP contribution in [0.25, 0.3) is 0 Å². The minimum absolute atomic E-state index is 0.123. The number of ether oxygens (including phenoxy) is 2. The van der Waals surface area contributed by atoms with Gasteiger partial charge in [0.05, 0.1) is 11.1 Å². The molecule has 0 saturated carbocycles. The summed E-state index contributed by atoms with van der Waals surface area (Å²) in [6, 6.07) is 7.15. The van der Waals surface area contributed by atoms with Gasteiger partial charge in [-0.25, -0.2) is 0 Å². The van der Waals surface area contributed by atoms with Crippen molar-refractivity contribution in [2.75, 3.05) is 13.2 Å².